The fourth-order valence-electron chi connectivity index (χ4n) is 1.41. The van der Waals surface area contributed by atoms with Gasteiger partial charge in [-0.25, -0.2) is 9.79 Å². The van der Waals surface area contributed by atoms with Gasteiger partial charge in [0.15, 0.2) is 5.96 Å². The van der Waals surface area contributed by atoms with Crippen LogP contribution >= 0.6 is 0 Å². The lowest BCUT2D eigenvalue weighted by Gasteiger charge is -2.07. The van der Waals surface area contributed by atoms with Crippen LogP contribution in [0.2, 0.25) is 0 Å². The zero-order valence-electron chi connectivity index (χ0n) is 11.6. The Kier molecular flexibility index (Phi) is 5.85. The number of nitrogens with two attached hydrogens (primary N) is 1. The van der Waals surface area contributed by atoms with Crippen LogP contribution in [0.5, 0.6) is 0 Å². The van der Waals surface area contributed by atoms with Crippen molar-refractivity contribution < 1.29 is 9.53 Å². The summed E-state index contributed by atoms with van der Waals surface area (Å²) >= 11 is 0. The van der Waals surface area contributed by atoms with E-state index in [0.717, 1.165) is 12.1 Å². The van der Waals surface area contributed by atoms with Crippen LogP contribution in [0.25, 0.3) is 0 Å². The molecule has 0 amide bonds. The quantitative estimate of drug-likeness (QED) is 0.480. The molecule has 0 saturated carbocycles. The van der Waals surface area contributed by atoms with Crippen LogP contribution in [-0.4, -0.2) is 25.6 Å². The minimum atomic E-state index is -0.340. The van der Waals surface area contributed by atoms with Crippen LogP contribution in [0.1, 0.15) is 29.8 Å². The summed E-state index contributed by atoms with van der Waals surface area (Å²) in [6, 6.07) is 7.11. The van der Waals surface area contributed by atoms with Crippen LogP contribution in [0.4, 0.5) is 0 Å². The van der Waals surface area contributed by atoms with Gasteiger partial charge in [0.05, 0.1) is 19.2 Å². The predicted molar refractivity (Wildman–Crippen MR) is 75.9 cm³/mol. The smallest absolute Gasteiger partial charge is 0.337 e. The molecule has 19 heavy (non-hydrogen) atoms. The van der Waals surface area contributed by atoms with Crippen LogP contribution in [-0.2, 0) is 11.3 Å². The Bertz CT molecular complexity index is 439. The number of benzene rings is 1. The number of rotatable bonds is 5. The second-order valence-electron chi connectivity index (χ2n) is 4.66. The van der Waals surface area contributed by atoms with Gasteiger partial charge in [0.2, 0.25) is 0 Å². The minimum Gasteiger partial charge on any atom is -0.465 e. The van der Waals surface area contributed by atoms with Gasteiger partial charge in [-0.2, -0.15) is 0 Å². The number of aliphatic imine (C=N–C) groups is 1. The van der Waals surface area contributed by atoms with Crippen molar-refractivity contribution in [2.24, 2.45) is 16.6 Å². The van der Waals surface area contributed by atoms with Crippen LogP contribution < -0.4 is 11.1 Å². The minimum absolute atomic E-state index is 0.340. The number of methoxy groups -OCH3 is 1. The summed E-state index contributed by atoms with van der Waals surface area (Å²) in [6.45, 7) is 5.49. The number of carbonyl (C=O) groups excluding carboxylic acids is 1. The lowest BCUT2D eigenvalue weighted by Crippen LogP contribution is -2.34. The third-order valence-corrected chi connectivity index (χ3v) is 2.50. The molecule has 0 spiro atoms. The number of carbonyl (C=O) groups is 1. The molecule has 104 valence electrons. The molecular formula is C14H21N3O2. The lowest BCUT2D eigenvalue weighted by molar-refractivity contribution is 0.0600. The van der Waals surface area contributed by atoms with E-state index in [2.05, 4.69) is 28.9 Å². The predicted octanol–water partition coefficient (Wildman–Crippen LogP) is 1.53. The highest BCUT2D eigenvalue weighted by atomic mass is 16.5. The van der Waals surface area contributed by atoms with E-state index < -0.39 is 0 Å². The average Bonchev–Trinajstić information content (AvgIpc) is 2.42. The van der Waals surface area contributed by atoms with Crippen molar-refractivity contribution in [3.05, 3.63) is 35.4 Å². The Morgan fingerprint density at radius 2 is 2.00 bits per heavy atom. The van der Waals surface area contributed by atoms with Gasteiger partial charge in [-0.05, 0) is 23.6 Å². The van der Waals surface area contributed by atoms with E-state index in [1.54, 1.807) is 12.1 Å². The van der Waals surface area contributed by atoms with Crippen molar-refractivity contribution in [1.29, 1.82) is 0 Å². The third kappa shape index (κ3) is 5.42. The third-order valence-electron chi connectivity index (χ3n) is 2.50. The van der Waals surface area contributed by atoms with Crippen molar-refractivity contribution in [2.45, 2.75) is 20.4 Å². The number of hydrogen-bond donors (Lipinski definition) is 2. The van der Waals surface area contributed by atoms with Gasteiger partial charge in [0.25, 0.3) is 0 Å². The second-order valence-corrected chi connectivity index (χ2v) is 4.66. The van der Waals surface area contributed by atoms with Crippen LogP contribution in [0.3, 0.4) is 0 Å². The first-order valence-electron chi connectivity index (χ1n) is 6.24. The number of hydrogen-bond acceptors (Lipinski definition) is 3. The van der Waals surface area contributed by atoms with Crippen LogP contribution in [0, 0.1) is 5.92 Å². The zero-order chi connectivity index (χ0) is 14.3. The van der Waals surface area contributed by atoms with Crippen molar-refractivity contribution in [2.75, 3.05) is 13.7 Å². The summed E-state index contributed by atoms with van der Waals surface area (Å²) in [6.07, 6.45) is 0. The first-order valence-corrected chi connectivity index (χ1v) is 6.24. The SMILES string of the molecule is COC(=O)c1ccc(CN=C(N)NCC(C)C)cc1. The Balaban J connectivity index is 2.53. The number of nitrogens with one attached hydrogen (secondary N) is 1. The van der Waals surface area contributed by atoms with Crippen molar-refractivity contribution in [1.82, 2.24) is 5.32 Å². The molecule has 1 aromatic carbocycles. The molecule has 0 saturated heterocycles. The fourth-order valence-corrected chi connectivity index (χ4v) is 1.41. The van der Waals surface area contributed by atoms with Gasteiger partial charge in [-0.15, -0.1) is 0 Å². The van der Waals surface area contributed by atoms with Gasteiger partial charge in [0.1, 0.15) is 0 Å². The van der Waals surface area contributed by atoms with Gasteiger partial charge in [0, 0.05) is 6.54 Å². The molecule has 0 bridgehead atoms. The molecule has 0 aliphatic carbocycles. The van der Waals surface area contributed by atoms with Crippen molar-refractivity contribution in [3.8, 4) is 0 Å². The van der Waals surface area contributed by atoms with Gasteiger partial charge < -0.3 is 15.8 Å². The number of nitrogens with zero attached hydrogens (tertiary/aromatic N) is 1. The molecule has 5 nitrogen and oxygen atoms in total. The Hall–Kier alpha value is -2.04. The topological polar surface area (TPSA) is 76.7 Å². The van der Waals surface area contributed by atoms with Gasteiger partial charge >= 0.3 is 5.97 Å². The maximum atomic E-state index is 11.3. The van der Waals surface area contributed by atoms with Gasteiger partial charge in [-0.3, -0.25) is 0 Å². The Morgan fingerprint density at radius 3 is 2.53 bits per heavy atom. The number of esters is 1. The molecule has 0 atom stereocenters. The molecule has 0 aliphatic rings. The monoisotopic (exact) mass is 263 g/mol. The Morgan fingerprint density at radius 1 is 1.37 bits per heavy atom. The summed E-state index contributed by atoms with van der Waals surface area (Å²) in [4.78, 5) is 15.5. The molecule has 3 N–H and O–H groups in total. The summed E-state index contributed by atoms with van der Waals surface area (Å²) in [7, 11) is 1.36. The van der Waals surface area contributed by atoms with Crippen LogP contribution in [0.15, 0.2) is 29.3 Å². The zero-order valence-corrected chi connectivity index (χ0v) is 11.6. The molecule has 0 unspecified atom stereocenters. The molecule has 0 fully saturated rings. The van der Waals surface area contributed by atoms with E-state index in [0.29, 0.717) is 24.0 Å². The van der Waals surface area contributed by atoms with E-state index in [4.69, 9.17) is 5.73 Å². The largest absolute Gasteiger partial charge is 0.465 e. The molecule has 1 aromatic rings. The highest BCUT2D eigenvalue weighted by Crippen LogP contribution is 2.06. The van der Waals surface area contributed by atoms with Crippen molar-refractivity contribution in [3.63, 3.8) is 0 Å². The maximum Gasteiger partial charge on any atom is 0.337 e. The molecular weight excluding hydrogens is 242 g/mol. The van der Waals surface area contributed by atoms with Crippen molar-refractivity contribution >= 4 is 11.9 Å². The van der Waals surface area contributed by atoms with Gasteiger partial charge in [-0.1, -0.05) is 26.0 Å². The second kappa shape index (κ2) is 7.41. The highest BCUT2D eigenvalue weighted by molar-refractivity contribution is 5.89. The average molecular weight is 263 g/mol. The maximum absolute atomic E-state index is 11.3. The van der Waals surface area contributed by atoms with E-state index in [-0.39, 0.29) is 5.97 Å². The van der Waals surface area contributed by atoms with E-state index in [9.17, 15) is 4.79 Å². The van der Waals surface area contributed by atoms with E-state index in [1.807, 2.05) is 12.1 Å². The standard InChI is InChI=1S/C14H21N3O2/c1-10(2)8-16-14(15)17-9-11-4-6-12(7-5-11)13(18)19-3/h4-7,10H,8-9H2,1-3H3,(H3,15,16,17). The van der Waals surface area contributed by atoms with E-state index in [1.165, 1.54) is 7.11 Å². The first kappa shape index (κ1) is 15.0. The highest BCUT2D eigenvalue weighted by Gasteiger charge is 2.03. The molecule has 0 heterocycles. The number of ether oxygens (including phenoxy) is 1. The lowest BCUT2D eigenvalue weighted by atomic mass is 10.1. The molecule has 0 aliphatic heterocycles. The molecule has 0 aromatic heterocycles. The molecule has 0 radical (unpaired) electrons. The fraction of sp³-hybridized carbons (Fsp3) is 0.429. The summed E-state index contributed by atoms with van der Waals surface area (Å²) in [5.74, 6) is 0.618. The molecule has 1 rings (SSSR count). The normalized spacial score (nSPS) is 11.5. The summed E-state index contributed by atoms with van der Waals surface area (Å²) < 4.78 is 4.63. The summed E-state index contributed by atoms with van der Waals surface area (Å²) in [5.41, 5.74) is 7.25. The Labute approximate surface area is 113 Å². The number of guanidine groups is 1. The first-order chi connectivity index (χ1) is 9.02. The van der Waals surface area contributed by atoms with E-state index >= 15 is 0 Å². The summed E-state index contributed by atoms with van der Waals surface area (Å²) in [5, 5.41) is 3.04. The molecule has 5 heteroatoms.